The summed E-state index contributed by atoms with van der Waals surface area (Å²) < 4.78 is 11.1. The summed E-state index contributed by atoms with van der Waals surface area (Å²) in [5.74, 6) is 0.604. The fourth-order valence-electron chi connectivity index (χ4n) is 2.41. The number of pyridine rings is 2. The molecule has 6 heteroatoms. The number of nitrogens with two attached hydrogens (primary N) is 1. The number of aromatic nitrogens is 2. The second kappa shape index (κ2) is 6.13. The molecule has 2 heterocycles. The van der Waals surface area contributed by atoms with E-state index in [2.05, 4.69) is 9.97 Å². The SMILES string of the molecule is COCC(N)c1cnc(OC2CCC2)c2cnc(Cl)cc12. The molecule has 1 atom stereocenters. The van der Waals surface area contributed by atoms with Crippen molar-refractivity contribution in [3.05, 3.63) is 29.2 Å². The minimum Gasteiger partial charge on any atom is -0.474 e. The second-order valence-corrected chi connectivity index (χ2v) is 5.69. The monoisotopic (exact) mass is 307 g/mol. The molecule has 112 valence electrons. The van der Waals surface area contributed by atoms with E-state index in [0.717, 1.165) is 29.2 Å². The summed E-state index contributed by atoms with van der Waals surface area (Å²) in [4.78, 5) is 8.56. The molecule has 1 aliphatic rings. The maximum Gasteiger partial charge on any atom is 0.223 e. The van der Waals surface area contributed by atoms with Crippen molar-refractivity contribution in [3.8, 4) is 5.88 Å². The molecule has 3 rings (SSSR count). The van der Waals surface area contributed by atoms with Crippen molar-refractivity contribution in [1.82, 2.24) is 9.97 Å². The van der Waals surface area contributed by atoms with E-state index < -0.39 is 0 Å². The zero-order valence-corrected chi connectivity index (χ0v) is 12.6. The lowest BCUT2D eigenvalue weighted by Crippen LogP contribution is -2.25. The Kier molecular flexibility index (Phi) is 4.24. The zero-order valence-electron chi connectivity index (χ0n) is 11.9. The quantitative estimate of drug-likeness (QED) is 0.860. The molecule has 0 saturated heterocycles. The number of hydrogen-bond acceptors (Lipinski definition) is 5. The van der Waals surface area contributed by atoms with Gasteiger partial charge in [-0.25, -0.2) is 9.97 Å². The molecule has 1 fully saturated rings. The van der Waals surface area contributed by atoms with Crippen LogP contribution in [0.3, 0.4) is 0 Å². The Labute approximate surface area is 128 Å². The lowest BCUT2D eigenvalue weighted by Gasteiger charge is -2.26. The molecule has 0 aromatic carbocycles. The van der Waals surface area contributed by atoms with E-state index in [1.165, 1.54) is 6.42 Å². The predicted molar refractivity (Wildman–Crippen MR) is 81.6 cm³/mol. The Morgan fingerprint density at radius 2 is 2.14 bits per heavy atom. The number of nitrogens with zero attached hydrogens (tertiary/aromatic N) is 2. The van der Waals surface area contributed by atoms with Gasteiger partial charge in [-0.2, -0.15) is 0 Å². The second-order valence-electron chi connectivity index (χ2n) is 5.30. The van der Waals surface area contributed by atoms with Gasteiger partial charge >= 0.3 is 0 Å². The van der Waals surface area contributed by atoms with Crippen LogP contribution in [0.4, 0.5) is 0 Å². The Morgan fingerprint density at radius 3 is 2.81 bits per heavy atom. The van der Waals surface area contributed by atoms with Gasteiger partial charge in [-0.05, 0) is 36.3 Å². The van der Waals surface area contributed by atoms with Crippen LogP contribution in [-0.2, 0) is 4.74 Å². The van der Waals surface area contributed by atoms with Gasteiger partial charge < -0.3 is 15.2 Å². The number of rotatable bonds is 5. The first-order chi connectivity index (χ1) is 10.2. The highest BCUT2D eigenvalue weighted by molar-refractivity contribution is 6.30. The van der Waals surface area contributed by atoms with Crippen LogP contribution in [0.2, 0.25) is 5.15 Å². The van der Waals surface area contributed by atoms with E-state index in [1.807, 2.05) is 0 Å². The summed E-state index contributed by atoms with van der Waals surface area (Å²) in [5, 5.41) is 2.19. The van der Waals surface area contributed by atoms with Crippen molar-refractivity contribution in [2.45, 2.75) is 31.4 Å². The maximum atomic E-state index is 6.14. The number of hydrogen-bond donors (Lipinski definition) is 1. The highest BCUT2D eigenvalue weighted by atomic mass is 35.5. The molecule has 0 aliphatic heterocycles. The van der Waals surface area contributed by atoms with Gasteiger partial charge in [0.15, 0.2) is 0 Å². The van der Waals surface area contributed by atoms with Crippen LogP contribution < -0.4 is 10.5 Å². The first kappa shape index (κ1) is 14.5. The molecule has 0 spiro atoms. The van der Waals surface area contributed by atoms with Crippen LogP contribution in [0.5, 0.6) is 5.88 Å². The largest absolute Gasteiger partial charge is 0.474 e. The molecule has 0 amide bonds. The number of fused-ring (bicyclic) bond motifs is 1. The summed E-state index contributed by atoms with van der Waals surface area (Å²) >= 11 is 6.02. The van der Waals surface area contributed by atoms with E-state index in [9.17, 15) is 0 Å². The fraction of sp³-hybridized carbons (Fsp3) is 0.467. The van der Waals surface area contributed by atoms with Crippen molar-refractivity contribution >= 4 is 22.4 Å². The third-order valence-electron chi connectivity index (χ3n) is 3.81. The molecule has 1 saturated carbocycles. The van der Waals surface area contributed by atoms with Crippen molar-refractivity contribution in [3.63, 3.8) is 0 Å². The summed E-state index contributed by atoms with van der Waals surface area (Å²) in [6.07, 6.45) is 7.07. The first-order valence-electron chi connectivity index (χ1n) is 7.04. The van der Waals surface area contributed by atoms with Crippen LogP contribution in [0.1, 0.15) is 30.9 Å². The van der Waals surface area contributed by atoms with Crippen LogP contribution in [0.25, 0.3) is 10.8 Å². The van der Waals surface area contributed by atoms with Crippen molar-refractivity contribution in [2.75, 3.05) is 13.7 Å². The Balaban J connectivity index is 2.04. The summed E-state index contributed by atoms with van der Waals surface area (Å²) in [5.41, 5.74) is 7.03. The molecule has 21 heavy (non-hydrogen) atoms. The minimum atomic E-state index is -0.263. The van der Waals surface area contributed by atoms with Gasteiger partial charge in [0.05, 0.1) is 18.0 Å². The summed E-state index contributed by atoms with van der Waals surface area (Å²) in [6.45, 7) is 0.416. The van der Waals surface area contributed by atoms with Gasteiger partial charge in [0.2, 0.25) is 5.88 Å². The van der Waals surface area contributed by atoms with Gasteiger partial charge in [-0.3, -0.25) is 0 Å². The van der Waals surface area contributed by atoms with Crippen molar-refractivity contribution in [1.29, 1.82) is 0 Å². The van der Waals surface area contributed by atoms with Crippen molar-refractivity contribution < 1.29 is 9.47 Å². The molecule has 1 unspecified atom stereocenters. The molecule has 0 bridgehead atoms. The Morgan fingerprint density at radius 1 is 1.33 bits per heavy atom. The third-order valence-corrected chi connectivity index (χ3v) is 4.02. The van der Waals surface area contributed by atoms with E-state index >= 15 is 0 Å². The number of methoxy groups -OCH3 is 1. The molecule has 2 aromatic rings. The smallest absolute Gasteiger partial charge is 0.223 e. The molecular weight excluding hydrogens is 290 g/mol. The Bertz CT molecular complexity index is 646. The molecular formula is C15H18ClN3O2. The zero-order chi connectivity index (χ0) is 14.8. The first-order valence-corrected chi connectivity index (χ1v) is 7.42. The lowest BCUT2D eigenvalue weighted by molar-refractivity contribution is 0.116. The molecule has 2 N–H and O–H groups in total. The fourth-order valence-corrected chi connectivity index (χ4v) is 2.57. The van der Waals surface area contributed by atoms with Crippen LogP contribution >= 0.6 is 11.6 Å². The van der Waals surface area contributed by atoms with E-state index in [-0.39, 0.29) is 12.1 Å². The highest BCUT2D eigenvalue weighted by Gasteiger charge is 2.22. The lowest BCUT2D eigenvalue weighted by atomic mass is 9.96. The predicted octanol–water partition coefficient (Wildman–Crippen LogP) is 2.86. The van der Waals surface area contributed by atoms with Gasteiger partial charge in [0.25, 0.3) is 0 Å². The molecule has 0 radical (unpaired) electrons. The average molecular weight is 308 g/mol. The van der Waals surface area contributed by atoms with E-state index in [0.29, 0.717) is 17.6 Å². The third kappa shape index (κ3) is 2.95. The van der Waals surface area contributed by atoms with Crippen LogP contribution in [0, 0.1) is 0 Å². The van der Waals surface area contributed by atoms with E-state index in [1.54, 1.807) is 25.6 Å². The van der Waals surface area contributed by atoms with Gasteiger partial charge in [0, 0.05) is 19.5 Å². The minimum absolute atomic E-state index is 0.259. The molecule has 5 nitrogen and oxygen atoms in total. The normalized spacial score (nSPS) is 16.7. The van der Waals surface area contributed by atoms with Crippen LogP contribution in [0.15, 0.2) is 18.5 Å². The van der Waals surface area contributed by atoms with Gasteiger partial charge in [0.1, 0.15) is 11.3 Å². The Hall–Kier alpha value is -1.43. The number of ether oxygens (including phenoxy) is 2. The molecule has 1 aliphatic carbocycles. The molecule has 2 aromatic heterocycles. The van der Waals surface area contributed by atoms with Crippen molar-refractivity contribution in [2.24, 2.45) is 5.73 Å². The van der Waals surface area contributed by atoms with Crippen LogP contribution in [-0.4, -0.2) is 29.8 Å². The summed E-state index contributed by atoms with van der Waals surface area (Å²) in [6, 6.07) is 1.54. The number of halogens is 1. The topological polar surface area (TPSA) is 70.3 Å². The standard InChI is InChI=1S/C15H18ClN3O2/c1-20-8-13(17)11-6-19-15(21-9-3-2-4-9)12-7-18-14(16)5-10(11)12/h5-7,9,13H,2-4,8,17H2,1H3. The van der Waals surface area contributed by atoms with Gasteiger partial charge in [-0.1, -0.05) is 11.6 Å². The van der Waals surface area contributed by atoms with Gasteiger partial charge in [-0.15, -0.1) is 0 Å². The maximum absolute atomic E-state index is 6.14. The summed E-state index contributed by atoms with van der Waals surface area (Å²) in [7, 11) is 1.62. The average Bonchev–Trinajstić information content (AvgIpc) is 2.42. The van der Waals surface area contributed by atoms with E-state index in [4.69, 9.17) is 26.8 Å². The highest BCUT2D eigenvalue weighted by Crippen LogP contribution is 2.33.